The van der Waals surface area contributed by atoms with E-state index in [1.165, 1.54) is 14.0 Å². The third-order valence-corrected chi connectivity index (χ3v) is 4.42. The van der Waals surface area contributed by atoms with Crippen molar-refractivity contribution in [1.82, 2.24) is 5.16 Å². The quantitative estimate of drug-likeness (QED) is 0.736. The predicted molar refractivity (Wildman–Crippen MR) is 102 cm³/mol. The van der Waals surface area contributed by atoms with Gasteiger partial charge in [0.15, 0.2) is 11.9 Å². The molecule has 0 unspecified atom stereocenters. The van der Waals surface area contributed by atoms with Crippen LogP contribution in [0, 0.1) is 13.8 Å². The number of rotatable bonds is 6. The molecule has 146 valence electrons. The highest BCUT2D eigenvalue weighted by atomic mass is 35.5. The molecule has 1 heterocycles. The lowest BCUT2D eigenvalue weighted by molar-refractivity contribution is -0.123. The lowest BCUT2D eigenvalue weighted by atomic mass is 10.1. The minimum atomic E-state index is -1.03. The molecule has 0 aliphatic rings. The Kier molecular flexibility index (Phi) is 6.49. The third kappa shape index (κ3) is 4.60. The Morgan fingerprint density at radius 2 is 1.89 bits per heavy atom. The molecular formula is C19H23ClN2O5. The van der Waals surface area contributed by atoms with Crippen molar-refractivity contribution in [2.24, 2.45) is 0 Å². The third-order valence-electron chi connectivity index (χ3n) is 4.01. The Bertz CT molecular complexity index is 860. The number of hydrogen-bond donors (Lipinski definition) is 1. The van der Waals surface area contributed by atoms with Crippen LogP contribution in [-0.2, 0) is 9.53 Å². The van der Waals surface area contributed by atoms with E-state index in [-0.39, 0.29) is 11.5 Å². The molecule has 0 saturated heterocycles. The van der Waals surface area contributed by atoms with Gasteiger partial charge in [-0.1, -0.05) is 30.6 Å². The second-order valence-corrected chi connectivity index (χ2v) is 6.91. The number of benzene rings is 1. The first-order chi connectivity index (χ1) is 12.6. The Morgan fingerprint density at radius 3 is 2.48 bits per heavy atom. The first-order valence-electron chi connectivity index (χ1n) is 8.47. The van der Waals surface area contributed by atoms with E-state index in [9.17, 15) is 9.59 Å². The van der Waals surface area contributed by atoms with E-state index in [0.717, 1.165) is 5.56 Å². The van der Waals surface area contributed by atoms with Gasteiger partial charge in [0.05, 0.1) is 18.5 Å². The molecule has 7 nitrogen and oxygen atoms in total. The standard InChI is InChI=1S/C19H23ClN2O5/c1-9(2)17-16(11(4)22-27-17)19(24)26-12(5)18(23)21-14-7-10(3)13(20)8-15(14)25-6/h7-9,12H,1-6H3,(H,21,23)/t12-/m0/s1. The van der Waals surface area contributed by atoms with Crippen LogP contribution in [0.4, 0.5) is 5.69 Å². The van der Waals surface area contributed by atoms with Crippen molar-refractivity contribution in [1.29, 1.82) is 0 Å². The summed E-state index contributed by atoms with van der Waals surface area (Å²) < 4.78 is 15.7. The van der Waals surface area contributed by atoms with Gasteiger partial charge in [0, 0.05) is 17.0 Å². The SMILES string of the molecule is COc1cc(Cl)c(C)cc1NC(=O)[C@H](C)OC(=O)c1c(C)noc1C(C)C. The van der Waals surface area contributed by atoms with Gasteiger partial charge in [-0.05, 0) is 32.4 Å². The van der Waals surface area contributed by atoms with E-state index in [1.807, 2.05) is 20.8 Å². The molecule has 0 aliphatic carbocycles. The average molecular weight is 395 g/mol. The zero-order valence-electron chi connectivity index (χ0n) is 16.2. The van der Waals surface area contributed by atoms with E-state index in [0.29, 0.717) is 27.9 Å². The summed E-state index contributed by atoms with van der Waals surface area (Å²) in [6.45, 7) is 8.70. The van der Waals surface area contributed by atoms with E-state index in [4.69, 9.17) is 25.6 Å². The number of carbonyl (C=O) groups excluding carboxylic acids is 2. The molecule has 2 aromatic rings. The molecule has 0 spiro atoms. The Morgan fingerprint density at radius 1 is 1.22 bits per heavy atom. The summed E-state index contributed by atoms with van der Waals surface area (Å²) in [6.07, 6.45) is -1.03. The molecule has 0 bridgehead atoms. The number of aryl methyl sites for hydroxylation is 2. The first kappa shape index (κ1) is 20.8. The number of ether oxygens (including phenoxy) is 2. The Labute approximate surface area is 163 Å². The largest absolute Gasteiger partial charge is 0.495 e. The van der Waals surface area contributed by atoms with E-state index in [2.05, 4.69) is 10.5 Å². The minimum absolute atomic E-state index is 0.0424. The molecule has 0 saturated carbocycles. The molecule has 2 rings (SSSR count). The van der Waals surface area contributed by atoms with Gasteiger partial charge in [-0.2, -0.15) is 0 Å². The van der Waals surface area contributed by atoms with Crippen LogP contribution in [0.15, 0.2) is 16.7 Å². The van der Waals surface area contributed by atoms with Gasteiger partial charge in [-0.3, -0.25) is 4.79 Å². The predicted octanol–water partition coefficient (Wildman–Crippen LogP) is 4.26. The average Bonchev–Trinajstić information content (AvgIpc) is 2.99. The molecule has 27 heavy (non-hydrogen) atoms. The second kappa shape index (κ2) is 8.43. The summed E-state index contributed by atoms with van der Waals surface area (Å²) in [5.41, 5.74) is 1.89. The number of aromatic nitrogens is 1. The number of hydrogen-bond acceptors (Lipinski definition) is 6. The molecule has 0 fully saturated rings. The molecule has 1 amide bonds. The maximum Gasteiger partial charge on any atom is 0.344 e. The fourth-order valence-corrected chi connectivity index (χ4v) is 2.62. The van der Waals surface area contributed by atoms with E-state index >= 15 is 0 Å². The van der Waals surface area contributed by atoms with Crippen LogP contribution in [-0.4, -0.2) is 30.2 Å². The summed E-state index contributed by atoms with van der Waals surface area (Å²) >= 11 is 6.07. The number of nitrogens with one attached hydrogen (secondary N) is 1. The zero-order valence-corrected chi connectivity index (χ0v) is 16.9. The topological polar surface area (TPSA) is 90.7 Å². The molecular weight excluding hydrogens is 372 g/mol. The fourth-order valence-electron chi connectivity index (χ4n) is 2.47. The first-order valence-corrected chi connectivity index (χ1v) is 8.85. The summed E-state index contributed by atoms with van der Waals surface area (Å²) in [5.74, 6) is -0.350. The molecule has 1 atom stereocenters. The van der Waals surface area contributed by atoms with Gasteiger partial charge in [0.1, 0.15) is 11.3 Å². The van der Waals surface area contributed by atoms with Crippen LogP contribution >= 0.6 is 11.6 Å². The minimum Gasteiger partial charge on any atom is -0.495 e. The monoisotopic (exact) mass is 394 g/mol. The maximum atomic E-state index is 12.5. The van der Waals surface area contributed by atoms with E-state index < -0.39 is 18.0 Å². The normalized spacial score (nSPS) is 12.0. The molecule has 1 N–H and O–H groups in total. The van der Waals surface area contributed by atoms with Gasteiger partial charge >= 0.3 is 5.97 Å². The fraction of sp³-hybridized carbons (Fsp3) is 0.421. The summed E-state index contributed by atoms with van der Waals surface area (Å²) in [7, 11) is 1.47. The zero-order chi connectivity index (χ0) is 20.3. The van der Waals surface area contributed by atoms with Crippen LogP contribution in [0.2, 0.25) is 5.02 Å². The molecule has 8 heteroatoms. The van der Waals surface area contributed by atoms with Crippen molar-refractivity contribution in [2.75, 3.05) is 12.4 Å². The number of anilines is 1. The number of carbonyl (C=O) groups is 2. The van der Waals surface area contributed by atoms with Crippen molar-refractivity contribution in [3.05, 3.63) is 39.7 Å². The summed E-state index contributed by atoms with van der Waals surface area (Å²) in [5, 5.41) is 7.03. The lowest BCUT2D eigenvalue weighted by Gasteiger charge is -2.16. The number of methoxy groups -OCH3 is 1. The summed E-state index contributed by atoms with van der Waals surface area (Å²) in [4.78, 5) is 25.0. The van der Waals surface area contributed by atoms with Crippen LogP contribution in [0.3, 0.4) is 0 Å². The van der Waals surface area contributed by atoms with Crippen molar-refractivity contribution in [3.8, 4) is 5.75 Å². The van der Waals surface area contributed by atoms with Crippen molar-refractivity contribution in [3.63, 3.8) is 0 Å². The highest BCUT2D eigenvalue weighted by Gasteiger charge is 2.27. The van der Waals surface area contributed by atoms with Crippen LogP contribution in [0.1, 0.15) is 54.1 Å². The van der Waals surface area contributed by atoms with Gasteiger partial charge in [0.2, 0.25) is 0 Å². The highest BCUT2D eigenvalue weighted by Crippen LogP contribution is 2.31. The lowest BCUT2D eigenvalue weighted by Crippen LogP contribution is -2.30. The molecule has 0 aliphatic heterocycles. The number of amides is 1. The van der Waals surface area contributed by atoms with Gasteiger partial charge < -0.3 is 19.3 Å². The van der Waals surface area contributed by atoms with Gasteiger partial charge in [-0.25, -0.2) is 4.79 Å². The highest BCUT2D eigenvalue weighted by molar-refractivity contribution is 6.31. The maximum absolute atomic E-state index is 12.5. The van der Waals surface area contributed by atoms with Crippen LogP contribution in [0.25, 0.3) is 0 Å². The van der Waals surface area contributed by atoms with Crippen molar-refractivity contribution in [2.45, 2.75) is 46.6 Å². The Balaban J connectivity index is 2.14. The van der Waals surface area contributed by atoms with Gasteiger partial charge in [0.25, 0.3) is 5.91 Å². The number of esters is 1. The Hall–Kier alpha value is -2.54. The second-order valence-electron chi connectivity index (χ2n) is 6.50. The number of nitrogens with zero attached hydrogens (tertiary/aromatic N) is 1. The summed E-state index contributed by atoms with van der Waals surface area (Å²) in [6, 6.07) is 3.30. The van der Waals surface area contributed by atoms with Crippen molar-refractivity contribution < 1.29 is 23.6 Å². The van der Waals surface area contributed by atoms with Gasteiger partial charge in [-0.15, -0.1) is 0 Å². The van der Waals surface area contributed by atoms with E-state index in [1.54, 1.807) is 19.1 Å². The molecule has 1 aromatic heterocycles. The smallest absolute Gasteiger partial charge is 0.344 e. The van der Waals surface area contributed by atoms with Crippen molar-refractivity contribution >= 4 is 29.2 Å². The van der Waals surface area contributed by atoms with Crippen LogP contribution < -0.4 is 10.1 Å². The molecule has 0 radical (unpaired) electrons. The molecule has 1 aromatic carbocycles. The van der Waals surface area contributed by atoms with Crippen LogP contribution in [0.5, 0.6) is 5.75 Å². The number of halogens is 1.